The van der Waals surface area contributed by atoms with Gasteiger partial charge in [-0.05, 0) is 48.7 Å². The number of nitrogens with one attached hydrogen (secondary N) is 2. The molecule has 9 heteroatoms. The van der Waals surface area contributed by atoms with Crippen molar-refractivity contribution in [2.75, 3.05) is 25.0 Å². The van der Waals surface area contributed by atoms with Crippen molar-refractivity contribution < 1.29 is 23.1 Å². The zero-order valence-electron chi connectivity index (χ0n) is 16.2. The molecule has 1 aliphatic heterocycles. The Kier molecular flexibility index (Phi) is 7.46. The molecule has 0 spiro atoms. The highest BCUT2D eigenvalue weighted by atomic mass is 35.5. The molecule has 1 aliphatic rings. The Morgan fingerprint density at radius 1 is 1.10 bits per heavy atom. The highest BCUT2D eigenvalue weighted by Gasteiger charge is 2.19. The van der Waals surface area contributed by atoms with Gasteiger partial charge in [-0.1, -0.05) is 23.7 Å². The smallest absolute Gasteiger partial charge is 0.387 e. The molecule has 0 unspecified atom stereocenters. The van der Waals surface area contributed by atoms with Crippen molar-refractivity contribution in [1.29, 1.82) is 0 Å². The lowest BCUT2D eigenvalue weighted by Crippen LogP contribution is -2.29. The number of halogens is 3. The van der Waals surface area contributed by atoms with Crippen LogP contribution in [0.3, 0.4) is 0 Å². The predicted octanol–water partition coefficient (Wildman–Crippen LogP) is 3.91. The average Bonchev–Trinajstić information content (AvgIpc) is 3.27. The van der Waals surface area contributed by atoms with Gasteiger partial charge in [0.15, 0.2) is 0 Å². The summed E-state index contributed by atoms with van der Waals surface area (Å²) >= 11 is 5.88. The monoisotopic (exact) mass is 437 g/mol. The molecule has 6 nitrogen and oxygen atoms in total. The summed E-state index contributed by atoms with van der Waals surface area (Å²) in [7, 11) is 0. The molecule has 2 N–H and O–H groups in total. The van der Waals surface area contributed by atoms with Crippen molar-refractivity contribution in [3.05, 3.63) is 58.6 Å². The van der Waals surface area contributed by atoms with E-state index in [2.05, 4.69) is 15.4 Å². The maximum atomic E-state index is 12.3. The van der Waals surface area contributed by atoms with Crippen molar-refractivity contribution in [3.8, 4) is 5.75 Å². The van der Waals surface area contributed by atoms with Crippen LogP contribution in [0, 0.1) is 0 Å². The Morgan fingerprint density at radius 2 is 1.80 bits per heavy atom. The molecule has 1 saturated heterocycles. The molecule has 1 fully saturated rings. The summed E-state index contributed by atoms with van der Waals surface area (Å²) in [6, 6.07) is 11.4. The van der Waals surface area contributed by atoms with Crippen molar-refractivity contribution in [2.45, 2.75) is 26.0 Å². The average molecular weight is 438 g/mol. The number of likely N-dealkylation sites (tertiary alicyclic amines) is 1. The lowest BCUT2D eigenvalue weighted by atomic mass is 10.1. The van der Waals surface area contributed by atoms with E-state index in [0.29, 0.717) is 17.8 Å². The third kappa shape index (κ3) is 6.06. The van der Waals surface area contributed by atoms with Crippen molar-refractivity contribution >= 4 is 29.1 Å². The van der Waals surface area contributed by atoms with Gasteiger partial charge in [-0.3, -0.25) is 9.59 Å². The number of alkyl halides is 2. The number of ether oxygens (including phenoxy) is 1. The van der Waals surface area contributed by atoms with Crippen LogP contribution in [0.4, 0.5) is 14.5 Å². The Hall–Kier alpha value is -2.87. The van der Waals surface area contributed by atoms with E-state index in [4.69, 9.17) is 11.6 Å². The summed E-state index contributed by atoms with van der Waals surface area (Å²) in [5.41, 5.74) is 2.02. The Morgan fingerprint density at radius 3 is 2.43 bits per heavy atom. The minimum Gasteiger partial charge on any atom is -0.433 e. The lowest BCUT2D eigenvalue weighted by molar-refractivity contribution is -0.119. The molecular formula is C21H22ClF2N3O3. The Bertz CT molecular complexity index is 888. The maximum absolute atomic E-state index is 12.3. The minimum absolute atomic E-state index is 0.0170. The Labute approximate surface area is 178 Å². The second-order valence-electron chi connectivity index (χ2n) is 6.85. The molecule has 160 valence electrons. The summed E-state index contributed by atoms with van der Waals surface area (Å²) in [5.74, 6) is -0.347. The van der Waals surface area contributed by atoms with E-state index in [0.717, 1.165) is 31.5 Å². The van der Waals surface area contributed by atoms with Crippen LogP contribution in [0.15, 0.2) is 42.5 Å². The fraction of sp³-hybridized carbons (Fsp3) is 0.333. The van der Waals surface area contributed by atoms with Crippen LogP contribution in [0.1, 0.15) is 28.8 Å². The molecule has 0 atom stereocenters. The molecule has 2 amide bonds. The van der Waals surface area contributed by atoms with Crippen LogP contribution in [0.25, 0.3) is 0 Å². The van der Waals surface area contributed by atoms with Crippen LogP contribution >= 0.6 is 11.6 Å². The van der Waals surface area contributed by atoms with Gasteiger partial charge in [0.2, 0.25) is 5.91 Å². The summed E-state index contributed by atoms with van der Waals surface area (Å²) in [6.45, 7) is -1.05. The van der Waals surface area contributed by atoms with E-state index in [1.54, 1.807) is 12.1 Å². The van der Waals surface area contributed by atoms with Crippen LogP contribution in [0.2, 0.25) is 5.02 Å². The molecule has 0 bridgehead atoms. The van der Waals surface area contributed by atoms with E-state index in [9.17, 15) is 18.4 Å². The zero-order chi connectivity index (χ0) is 21.5. The molecule has 30 heavy (non-hydrogen) atoms. The van der Waals surface area contributed by atoms with Crippen LogP contribution < -0.4 is 15.4 Å². The SMILES string of the molecule is O=C(CNc1ccc(OC(F)F)c(Cl)c1)NCc1ccc(C(=O)N2CCCC2)cc1. The van der Waals surface area contributed by atoms with Crippen molar-refractivity contribution in [1.82, 2.24) is 10.2 Å². The topological polar surface area (TPSA) is 70.7 Å². The van der Waals surface area contributed by atoms with Crippen molar-refractivity contribution in [3.63, 3.8) is 0 Å². The van der Waals surface area contributed by atoms with Gasteiger partial charge >= 0.3 is 6.61 Å². The molecule has 0 radical (unpaired) electrons. The first-order valence-corrected chi connectivity index (χ1v) is 9.93. The van der Waals surface area contributed by atoms with Gasteiger partial charge in [0, 0.05) is 30.9 Å². The Balaban J connectivity index is 1.44. The van der Waals surface area contributed by atoms with E-state index < -0.39 is 6.61 Å². The molecular weight excluding hydrogens is 416 g/mol. The van der Waals surface area contributed by atoms with Crippen LogP contribution in [-0.2, 0) is 11.3 Å². The maximum Gasteiger partial charge on any atom is 0.387 e. The molecule has 1 heterocycles. The summed E-state index contributed by atoms with van der Waals surface area (Å²) in [6.07, 6.45) is 2.09. The first kappa shape index (κ1) is 21.8. The number of amides is 2. The number of benzene rings is 2. The second-order valence-corrected chi connectivity index (χ2v) is 7.26. The molecule has 2 aromatic rings. The molecule has 0 aliphatic carbocycles. The first-order valence-electron chi connectivity index (χ1n) is 9.55. The number of carbonyl (C=O) groups is 2. The number of hydrogen-bond donors (Lipinski definition) is 2. The van der Waals surface area contributed by atoms with E-state index in [1.165, 1.54) is 18.2 Å². The molecule has 3 rings (SSSR count). The fourth-order valence-corrected chi connectivity index (χ4v) is 3.34. The standard InChI is InChI=1S/C21H22ClF2N3O3/c22-17-11-16(7-8-18(17)30-21(23)24)25-13-19(28)26-12-14-3-5-15(6-4-14)20(29)27-9-1-2-10-27/h3-8,11,21,25H,1-2,9-10,12-13H2,(H,26,28). The minimum atomic E-state index is -2.96. The van der Waals surface area contributed by atoms with Gasteiger partial charge in [0.25, 0.3) is 5.91 Å². The normalized spacial score (nSPS) is 13.4. The van der Waals surface area contributed by atoms with E-state index in [1.807, 2.05) is 17.0 Å². The highest BCUT2D eigenvalue weighted by Crippen LogP contribution is 2.28. The number of rotatable bonds is 8. The zero-order valence-corrected chi connectivity index (χ0v) is 16.9. The van der Waals surface area contributed by atoms with Crippen LogP contribution in [-0.4, -0.2) is 43.0 Å². The van der Waals surface area contributed by atoms with Crippen molar-refractivity contribution in [2.24, 2.45) is 0 Å². The highest BCUT2D eigenvalue weighted by molar-refractivity contribution is 6.32. The molecule has 2 aromatic carbocycles. The van der Waals surface area contributed by atoms with Gasteiger partial charge in [-0.2, -0.15) is 8.78 Å². The number of nitrogens with zero attached hydrogens (tertiary/aromatic N) is 1. The largest absolute Gasteiger partial charge is 0.433 e. The number of carbonyl (C=O) groups excluding carboxylic acids is 2. The molecule has 0 saturated carbocycles. The van der Waals surface area contributed by atoms with E-state index in [-0.39, 0.29) is 29.1 Å². The number of hydrogen-bond acceptors (Lipinski definition) is 4. The predicted molar refractivity (Wildman–Crippen MR) is 110 cm³/mol. The molecule has 0 aromatic heterocycles. The second kappa shape index (κ2) is 10.2. The summed E-state index contributed by atoms with van der Waals surface area (Å²) in [5, 5.41) is 5.66. The van der Waals surface area contributed by atoms with Gasteiger partial charge in [0.1, 0.15) is 5.75 Å². The fourth-order valence-electron chi connectivity index (χ4n) is 3.12. The lowest BCUT2D eigenvalue weighted by Gasteiger charge is -2.15. The third-order valence-corrected chi connectivity index (χ3v) is 4.98. The summed E-state index contributed by atoms with van der Waals surface area (Å²) < 4.78 is 28.8. The van der Waals surface area contributed by atoms with Gasteiger partial charge in [-0.15, -0.1) is 0 Å². The number of anilines is 1. The van der Waals surface area contributed by atoms with Gasteiger partial charge in [0.05, 0.1) is 11.6 Å². The summed E-state index contributed by atoms with van der Waals surface area (Å²) in [4.78, 5) is 26.2. The first-order chi connectivity index (χ1) is 14.4. The quantitative estimate of drug-likeness (QED) is 0.657. The van der Waals surface area contributed by atoms with E-state index >= 15 is 0 Å². The third-order valence-electron chi connectivity index (χ3n) is 4.68. The van der Waals surface area contributed by atoms with Gasteiger partial charge < -0.3 is 20.3 Å². The van der Waals surface area contributed by atoms with Crippen LogP contribution in [0.5, 0.6) is 5.75 Å². The van der Waals surface area contributed by atoms with Gasteiger partial charge in [-0.25, -0.2) is 0 Å².